The number of hydrogen-bond acceptors (Lipinski definition) is 2. The molecule has 0 aliphatic heterocycles. The van der Waals surface area contributed by atoms with Gasteiger partial charge in [0.1, 0.15) is 0 Å². The lowest BCUT2D eigenvalue weighted by Gasteiger charge is -2.19. The van der Waals surface area contributed by atoms with Crippen molar-refractivity contribution >= 4 is 5.69 Å². The van der Waals surface area contributed by atoms with Crippen molar-refractivity contribution < 1.29 is 0 Å². The van der Waals surface area contributed by atoms with Gasteiger partial charge in [-0.3, -0.25) is 0 Å². The molecule has 90 valence electrons. The number of nitrogens with zero attached hydrogens (tertiary/aromatic N) is 1. The quantitative estimate of drug-likeness (QED) is 0.792. The van der Waals surface area contributed by atoms with E-state index in [1.54, 1.807) is 0 Å². The number of nitrogens with one attached hydrogen (secondary N) is 1. The van der Waals surface area contributed by atoms with Gasteiger partial charge < -0.3 is 10.2 Å². The minimum atomic E-state index is 1.02. The fraction of sp³-hybridized carbons (Fsp3) is 0.571. The first-order valence-corrected chi connectivity index (χ1v) is 6.20. The van der Waals surface area contributed by atoms with Crippen LogP contribution in [0.25, 0.3) is 0 Å². The largest absolute Gasteiger partial charge is 0.384 e. The zero-order chi connectivity index (χ0) is 12.0. The zero-order valence-corrected chi connectivity index (χ0v) is 11.0. The van der Waals surface area contributed by atoms with E-state index >= 15 is 0 Å². The Labute approximate surface area is 99.7 Å². The summed E-state index contributed by atoms with van der Waals surface area (Å²) in [4.78, 5) is 2.43. The molecule has 0 aliphatic rings. The summed E-state index contributed by atoms with van der Waals surface area (Å²) in [5, 5.41) is 3.50. The molecule has 1 N–H and O–H groups in total. The summed E-state index contributed by atoms with van der Waals surface area (Å²) in [5.41, 5.74) is 3.92. The van der Waals surface area contributed by atoms with E-state index in [4.69, 9.17) is 0 Å². The van der Waals surface area contributed by atoms with Crippen LogP contribution in [0.1, 0.15) is 25.0 Å². The van der Waals surface area contributed by atoms with E-state index < -0.39 is 0 Å². The third-order valence-corrected chi connectivity index (χ3v) is 3.02. The average Bonchev–Trinajstić information content (AvgIpc) is 2.27. The fourth-order valence-electron chi connectivity index (χ4n) is 1.90. The molecule has 0 saturated carbocycles. The van der Waals surface area contributed by atoms with Crippen LogP contribution in [-0.4, -0.2) is 31.1 Å². The van der Waals surface area contributed by atoms with Gasteiger partial charge in [0.25, 0.3) is 0 Å². The molecule has 0 unspecified atom stereocenters. The lowest BCUT2D eigenvalue weighted by Crippen LogP contribution is -2.28. The lowest BCUT2D eigenvalue weighted by molar-refractivity contribution is 0.316. The Morgan fingerprint density at radius 1 is 1.12 bits per heavy atom. The van der Waals surface area contributed by atoms with Crippen LogP contribution in [-0.2, 0) is 0 Å². The summed E-state index contributed by atoms with van der Waals surface area (Å²) in [6, 6.07) is 6.55. The van der Waals surface area contributed by atoms with Gasteiger partial charge in [0.15, 0.2) is 0 Å². The van der Waals surface area contributed by atoms with Crippen LogP contribution in [0.5, 0.6) is 0 Å². The normalized spacial score (nSPS) is 10.8. The molecule has 0 amide bonds. The highest BCUT2D eigenvalue weighted by molar-refractivity contribution is 5.51. The van der Waals surface area contributed by atoms with Gasteiger partial charge in [-0.1, -0.05) is 31.5 Å². The first-order chi connectivity index (χ1) is 7.67. The maximum absolute atomic E-state index is 3.50. The maximum atomic E-state index is 3.50. The molecule has 1 aromatic carbocycles. The van der Waals surface area contributed by atoms with Crippen molar-refractivity contribution in [2.75, 3.05) is 31.5 Å². The van der Waals surface area contributed by atoms with Crippen LogP contribution in [0.2, 0.25) is 0 Å². The fourth-order valence-corrected chi connectivity index (χ4v) is 1.90. The van der Waals surface area contributed by atoms with Crippen molar-refractivity contribution in [2.24, 2.45) is 0 Å². The first kappa shape index (κ1) is 13.0. The number of likely N-dealkylation sites (N-methyl/N-ethyl adjacent to an activating group) is 1. The van der Waals surface area contributed by atoms with Crippen LogP contribution >= 0.6 is 0 Å². The highest BCUT2D eigenvalue weighted by Gasteiger charge is 2.00. The van der Waals surface area contributed by atoms with E-state index in [-0.39, 0.29) is 0 Å². The Morgan fingerprint density at radius 3 is 2.38 bits per heavy atom. The molecule has 16 heavy (non-hydrogen) atoms. The molecule has 2 nitrogen and oxygen atoms in total. The van der Waals surface area contributed by atoms with Gasteiger partial charge in [-0.2, -0.15) is 0 Å². The van der Waals surface area contributed by atoms with Gasteiger partial charge in [-0.15, -0.1) is 0 Å². The van der Waals surface area contributed by atoms with Crippen molar-refractivity contribution in [1.82, 2.24) is 4.90 Å². The van der Waals surface area contributed by atoms with Crippen LogP contribution in [0.4, 0.5) is 5.69 Å². The molecule has 1 rings (SSSR count). The van der Waals surface area contributed by atoms with Gasteiger partial charge in [-0.05, 0) is 38.6 Å². The second-order valence-corrected chi connectivity index (χ2v) is 4.27. The molecule has 0 saturated heterocycles. The molecule has 0 spiro atoms. The molecule has 0 aliphatic carbocycles. The zero-order valence-electron chi connectivity index (χ0n) is 11.0. The highest BCUT2D eigenvalue weighted by atomic mass is 15.1. The summed E-state index contributed by atoms with van der Waals surface area (Å²) in [7, 11) is 0. The molecular formula is C14H24N2. The van der Waals surface area contributed by atoms with Gasteiger partial charge in [0, 0.05) is 18.8 Å². The molecule has 0 bridgehead atoms. The van der Waals surface area contributed by atoms with E-state index in [2.05, 4.69) is 56.1 Å². The first-order valence-electron chi connectivity index (χ1n) is 6.20. The van der Waals surface area contributed by atoms with Gasteiger partial charge in [0.2, 0.25) is 0 Å². The molecular weight excluding hydrogens is 196 g/mol. The van der Waals surface area contributed by atoms with Crippen molar-refractivity contribution in [3.8, 4) is 0 Å². The second-order valence-electron chi connectivity index (χ2n) is 4.27. The molecule has 1 aromatic rings. The lowest BCUT2D eigenvalue weighted by atomic mass is 10.1. The summed E-state index contributed by atoms with van der Waals surface area (Å²) >= 11 is 0. The van der Waals surface area contributed by atoms with Crippen LogP contribution in [0.3, 0.4) is 0 Å². The van der Waals surface area contributed by atoms with E-state index in [0.29, 0.717) is 0 Å². The SMILES string of the molecule is CCN(CC)CCNc1ccc(C)cc1C. The Bertz CT molecular complexity index is 317. The predicted octanol–water partition coefficient (Wildman–Crippen LogP) is 3.06. The van der Waals surface area contributed by atoms with Gasteiger partial charge in [-0.25, -0.2) is 0 Å². The molecule has 0 radical (unpaired) electrons. The van der Waals surface area contributed by atoms with Crippen LogP contribution in [0, 0.1) is 13.8 Å². The van der Waals surface area contributed by atoms with E-state index in [1.807, 2.05) is 0 Å². The monoisotopic (exact) mass is 220 g/mol. The Morgan fingerprint density at radius 2 is 1.81 bits per heavy atom. The predicted molar refractivity (Wildman–Crippen MR) is 72.2 cm³/mol. The second kappa shape index (κ2) is 6.54. The highest BCUT2D eigenvalue weighted by Crippen LogP contribution is 2.15. The Kier molecular flexibility index (Phi) is 5.33. The van der Waals surface area contributed by atoms with Crippen LogP contribution < -0.4 is 5.32 Å². The van der Waals surface area contributed by atoms with Crippen molar-refractivity contribution in [2.45, 2.75) is 27.7 Å². The van der Waals surface area contributed by atoms with Gasteiger partial charge >= 0.3 is 0 Å². The number of aryl methyl sites for hydroxylation is 2. The van der Waals surface area contributed by atoms with Crippen molar-refractivity contribution in [3.05, 3.63) is 29.3 Å². The smallest absolute Gasteiger partial charge is 0.0370 e. The van der Waals surface area contributed by atoms with Gasteiger partial charge in [0.05, 0.1) is 0 Å². The number of benzene rings is 1. The molecule has 2 heteroatoms. The van der Waals surface area contributed by atoms with Crippen molar-refractivity contribution in [1.29, 1.82) is 0 Å². The summed E-state index contributed by atoms with van der Waals surface area (Å²) in [5.74, 6) is 0. The minimum absolute atomic E-state index is 1.02. The number of rotatable bonds is 6. The minimum Gasteiger partial charge on any atom is -0.384 e. The molecule has 0 atom stereocenters. The summed E-state index contributed by atoms with van der Waals surface area (Å²) in [6.07, 6.45) is 0. The molecule has 0 fully saturated rings. The standard InChI is InChI=1S/C14H24N2/c1-5-16(6-2)10-9-15-14-8-7-12(3)11-13(14)4/h7-8,11,15H,5-6,9-10H2,1-4H3. The van der Waals surface area contributed by atoms with Crippen LogP contribution in [0.15, 0.2) is 18.2 Å². The Balaban J connectivity index is 2.42. The van der Waals surface area contributed by atoms with E-state index in [9.17, 15) is 0 Å². The number of anilines is 1. The third kappa shape index (κ3) is 3.86. The average molecular weight is 220 g/mol. The summed E-state index contributed by atoms with van der Waals surface area (Å²) < 4.78 is 0. The van der Waals surface area contributed by atoms with Crippen molar-refractivity contribution in [3.63, 3.8) is 0 Å². The molecule has 0 heterocycles. The maximum Gasteiger partial charge on any atom is 0.0370 e. The topological polar surface area (TPSA) is 15.3 Å². The third-order valence-electron chi connectivity index (χ3n) is 3.02. The molecule has 0 aromatic heterocycles. The van der Waals surface area contributed by atoms with E-state index in [1.165, 1.54) is 16.8 Å². The Hall–Kier alpha value is -1.02. The summed E-state index contributed by atoms with van der Waals surface area (Å²) in [6.45, 7) is 13.1. The van der Waals surface area contributed by atoms with E-state index in [0.717, 1.165) is 26.2 Å². The number of hydrogen-bond donors (Lipinski definition) is 1.